The zero-order chi connectivity index (χ0) is 21.6. The molecule has 5 nitrogen and oxygen atoms in total. The summed E-state index contributed by atoms with van der Waals surface area (Å²) in [5.74, 6) is 0. The zero-order valence-electron chi connectivity index (χ0n) is 17.0. The van der Waals surface area contributed by atoms with E-state index in [9.17, 15) is 8.42 Å². The van der Waals surface area contributed by atoms with E-state index in [0.29, 0.717) is 11.7 Å². The van der Waals surface area contributed by atoms with Crippen molar-refractivity contribution in [3.8, 4) is 0 Å². The van der Waals surface area contributed by atoms with Crippen LogP contribution in [0.5, 0.6) is 0 Å². The second kappa shape index (κ2) is 9.93. The fourth-order valence-electron chi connectivity index (χ4n) is 2.59. The van der Waals surface area contributed by atoms with E-state index in [1.54, 1.807) is 19.2 Å². The van der Waals surface area contributed by atoms with Gasteiger partial charge in [0.1, 0.15) is 9.94 Å². The number of thioether (sulfide) groups is 1. The van der Waals surface area contributed by atoms with Gasteiger partial charge in [-0.2, -0.15) is 8.42 Å². The summed E-state index contributed by atoms with van der Waals surface area (Å²) >= 11 is 1.34. The van der Waals surface area contributed by atoms with Crippen LogP contribution in [0.4, 0.5) is 0 Å². The Hall–Kier alpha value is -2.61. The van der Waals surface area contributed by atoms with Crippen LogP contribution in [0.15, 0.2) is 87.7 Å². The fraction of sp³-hybridized carbons (Fsp3) is 0.174. The Bertz CT molecular complexity index is 1110. The lowest BCUT2D eigenvalue weighted by Crippen LogP contribution is -2.05. The van der Waals surface area contributed by atoms with E-state index in [-0.39, 0.29) is 4.90 Å². The highest BCUT2D eigenvalue weighted by Crippen LogP contribution is 2.26. The van der Waals surface area contributed by atoms with Gasteiger partial charge < -0.3 is 4.74 Å². The Morgan fingerprint density at radius 1 is 0.867 bits per heavy atom. The quantitative estimate of drug-likeness (QED) is 0.215. The maximum atomic E-state index is 12.6. The third-order valence-electron chi connectivity index (χ3n) is 4.28. The van der Waals surface area contributed by atoms with Gasteiger partial charge in [-0.1, -0.05) is 76.6 Å². The number of rotatable bonds is 7. The molecule has 30 heavy (non-hydrogen) atoms. The van der Waals surface area contributed by atoms with Crippen molar-refractivity contribution in [1.29, 1.82) is 0 Å². The summed E-state index contributed by atoms with van der Waals surface area (Å²) in [5.41, 5.74) is 3.86. The Balaban J connectivity index is 1.91. The zero-order valence-corrected chi connectivity index (χ0v) is 18.7. The molecule has 7 heteroatoms. The van der Waals surface area contributed by atoms with Crippen LogP contribution in [0, 0.1) is 13.8 Å². The highest BCUT2D eigenvalue weighted by molar-refractivity contribution is 8.14. The molecule has 0 aromatic heterocycles. The average molecular weight is 442 g/mol. The summed E-state index contributed by atoms with van der Waals surface area (Å²) < 4.78 is 35.3. The lowest BCUT2D eigenvalue weighted by atomic mass is 10.1. The molecule has 0 saturated carbocycles. The number of ether oxygens (including phenoxy) is 1. The first-order chi connectivity index (χ1) is 14.4. The van der Waals surface area contributed by atoms with Crippen molar-refractivity contribution < 1.29 is 17.4 Å². The van der Waals surface area contributed by atoms with Crippen LogP contribution in [0.1, 0.15) is 22.3 Å². The van der Waals surface area contributed by atoms with Crippen molar-refractivity contribution >= 4 is 26.9 Å². The fourth-order valence-corrected chi connectivity index (χ4v) is 4.19. The van der Waals surface area contributed by atoms with E-state index < -0.39 is 10.1 Å². The first kappa shape index (κ1) is 22.1. The summed E-state index contributed by atoms with van der Waals surface area (Å²) in [4.78, 5) is 0.989. The van der Waals surface area contributed by atoms with Crippen LogP contribution in [-0.4, -0.2) is 20.6 Å². The van der Waals surface area contributed by atoms with E-state index in [4.69, 9.17) is 9.02 Å². The first-order valence-electron chi connectivity index (χ1n) is 9.28. The molecule has 3 rings (SSSR count). The smallest absolute Gasteiger partial charge is 0.358 e. The maximum absolute atomic E-state index is 12.6. The van der Waals surface area contributed by atoms with E-state index >= 15 is 0 Å². The van der Waals surface area contributed by atoms with E-state index in [0.717, 1.165) is 27.1 Å². The number of aryl methyl sites for hydroxylation is 2. The summed E-state index contributed by atoms with van der Waals surface area (Å²) in [5, 5.41) is 4.46. The highest BCUT2D eigenvalue weighted by Gasteiger charge is 2.17. The normalized spacial score (nSPS) is 12.0. The molecule has 0 aliphatic carbocycles. The largest absolute Gasteiger partial charge is 0.380 e. The predicted molar refractivity (Wildman–Crippen MR) is 120 cm³/mol. The third kappa shape index (κ3) is 5.95. The molecule has 0 bridgehead atoms. The Kier molecular flexibility index (Phi) is 7.31. The van der Waals surface area contributed by atoms with Crippen molar-refractivity contribution in [2.75, 3.05) is 7.11 Å². The van der Waals surface area contributed by atoms with Crippen LogP contribution >= 0.6 is 11.8 Å². The topological polar surface area (TPSA) is 65.0 Å². The van der Waals surface area contributed by atoms with Gasteiger partial charge in [0.15, 0.2) is 0 Å². The first-order valence-corrected chi connectivity index (χ1v) is 11.5. The monoisotopic (exact) mass is 441 g/mol. The van der Waals surface area contributed by atoms with Gasteiger partial charge in [-0.3, -0.25) is 4.28 Å². The molecular weight excluding hydrogens is 418 g/mol. The molecular formula is C23H23NO4S2. The minimum Gasteiger partial charge on any atom is -0.380 e. The van der Waals surface area contributed by atoms with Gasteiger partial charge in [-0.05, 0) is 43.7 Å². The van der Waals surface area contributed by atoms with Crippen LogP contribution < -0.4 is 0 Å². The molecule has 3 aromatic rings. The number of hydrogen-bond acceptors (Lipinski definition) is 6. The van der Waals surface area contributed by atoms with Gasteiger partial charge in [0.2, 0.25) is 0 Å². The number of methoxy groups -OCH3 is 1. The van der Waals surface area contributed by atoms with Gasteiger partial charge in [-0.15, -0.1) is 0 Å². The van der Waals surface area contributed by atoms with Crippen molar-refractivity contribution in [2.45, 2.75) is 30.2 Å². The van der Waals surface area contributed by atoms with Gasteiger partial charge in [-0.25, -0.2) is 0 Å². The summed E-state index contributed by atoms with van der Waals surface area (Å²) in [6, 6.07) is 21.9. The van der Waals surface area contributed by atoms with Crippen molar-refractivity contribution in [3.63, 3.8) is 0 Å². The number of hydrogen-bond donors (Lipinski definition) is 0. The van der Waals surface area contributed by atoms with Crippen LogP contribution in [0.2, 0.25) is 0 Å². The second-order valence-corrected chi connectivity index (χ2v) is 9.37. The maximum Gasteiger partial charge on any atom is 0.358 e. The van der Waals surface area contributed by atoms with Gasteiger partial charge >= 0.3 is 10.1 Å². The molecule has 0 radical (unpaired) electrons. The van der Waals surface area contributed by atoms with Crippen LogP contribution in [0.3, 0.4) is 0 Å². The Labute approximate surface area is 181 Å². The lowest BCUT2D eigenvalue weighted by molar-refractivity contribution is 0.185. The van der Waals surface area contributed by atoms with E-state index in [1.807, 2.05) is 62.4 Å². The summed E-state index contributed by atoms with van der Waals surface area (Å²) in [6.07, 6.45) is 0. The molecule has 0 aliphatic rings. The SMILES string of the molecule is COCc1ccc(C(=NOS(=O)(=O)c2ccc(C)cc2)Sc2ccc(C)cc2)cc1. The van der Waals surface area contributed by atoms with Crippen molar-refractivity contribution in [3.05, 3.63) is 95.1 Å². The molecule has 0 amide bonds. The Morgan fingerprint density at radius 2 is 1.43 bits per heavy atom. The number of oxime groups is 1. The van der Waals surface area contributed by atoms with Gasteiger partial charge in [0, 0.05) is 17.6 Å². The molecule has 0 spiro atoms. The molecule has 156 valence electrons. The minimum atomic E-state index is -4.02. The standard InChI is InChI=1S/C23H23NO4S2/c1-17-4-12-21(13-5-17)29-23(20-10-8-19(9-11-20)16-27-3)24-28-30(25,26)22-14-6-18(2)7-15-22/h4-15H,16H2,1-3H3. The van der Waals surface area contributed by atoms with Crippen LogP contribution in [-0.2, 0) is 25.7 Å². The molecule has 3 aromatic carbocycles. The average Bonchev–Trinajstić information content (AvgIpc) is 2.74. The number of benzene rings is 3. The van der Waals surface area contributed by atoms with E-state index in [2.05, 4.69) is 5.16 Å². The highest BCUT2D eigenvalue weighted by atomic mass is 32.2. The van der Waals surface area contributed by atoms with Crippen LogP contribution in [0.25, 0.3) is 0 Å². The van der Waals surface area contributed by atoms with Gasteiger partial charge in [0.25, 0.3) is 0 Å². The Morgan fingerprint density at radius 3 is 2.00 bits per heavy atom. The molecule has 0 unspecified atom stereocenters. The second-order valence-electron chi connectivity index (χ2n) is 6.78. The molecule has 0 fully saturated rings. The minimum absolute atomic E-state index is 0.0620. The molecule has 0 aliphatic heterocycles. The molecule has 0 atom stereocenters. The van der Waals surface area contributed by atoms with E-state index in [1.165, 1.54) is 23.9 Å². The third-order valence-corrected chi connectivity index (χ3v) is 6.41. The molecule has 0 N–H and O–H groups in total. The van der Waals surface area contributed by atoms with Crippen molar-refractivity contribution in [1.82, 2.24) is 0 Å². The molecule has 0 saturated heterocycles. The van der Waals surface area contributed by atoms with Gasteiger partial charge in [0.05, 0.1) is 6.61 Å². The van der Waals surface area contributed by atoms with Crippen molar-refractivity contribution in [2.24, 2.45) is 5.16 Å². The predicted octanol–water partition coefficient (Wildman–Crippen LogP) is 5.31. The number of nitrogens with zero attached hydrogens (tertiary/aromatic N) is 1. The summed E-state index contributed by atoms with van der Waals surface area (Å²) in [6.45, 7) is 4.39. The lowest BCUT2D eigenvalue weighted by Gasteiger charge is -2.09. The summed E-state index contributed by atoms with van der Waals surface area (Å²) in [7, 11) is -2.38. The molecule has 0 heterocycles.